The Kier molecular flexibility index (Phi) is 6.64. The molecule has 1 heterocycles. The monoisotopic (exact) mass is 476 g/mol. The molecule has 4 rings (SSSR count). The highest BCUT2D eigenvalue weighted by Crippen LogP contribution is 2.45. The topological polar surface area (TPSA) is 93.4 Å². The van der Waals surface area contributed by atoms with Gasteiger partial charge in [0.2, 0.25) is 0 Å². The Morgan fingerprint density at radius 2 is 1.43 bits per heavy atom. The van der Waals surface area contributed by atoms with Crippen LogP contribution in [0.25, 0.3) is 33.4 Å². The molecule has 0 unspecified atom stereocenters. The molecule has 1 aromatic heterocycles. The normalized spacial score (nSPS) is 10.7. The second-order valence-corrected chi connectivity index (χ2v) is 7.47. The molecule has 0 atom stereocenters. The summed E-state index contributed by atoms with van der Waals surface area (Å²) in [6, 6.07) is 15.0. The van der Waals surface area contributed by atoms with Crippen LogP contribution >= 0.6 is 0 Å². The molecule has 0 N–H and O–H groups in total. The molecule has 180 valence electrons. The van der Waals surface area contributed by atoms with Crippen LogP contribution < -0.4 is 24.4 Å². The maximum absolute atomic E-state index is 13.3. The fraction of sp³-hybridized carbons (Fsp3) is 0.185. The number of carbonyl (C=O) groups is 1. The lowest BCUT2D eigenvalue weighted by Crippen LogP contribution is -2.06. The van der Waals surface area contributed by atoms with Crippen LogP contribution in [0.5, 0.6) is 23.0 Å². The van der Waals surface area contributed by atoms with Gasteiger partial charge in [-0.25, -0.2) is 4.79 Å². The summed E-state index contributed by atoms with van der Waals surface area (Å²) in [5.74, 6) is 1.59. The molecule has 0 saturated carbocycles. The Labute approximate surface area is 201 Å². The van der Waals surface area contributed by atoms with Gasteiger partial charge < -0.3 is 28.1 Å². The second-order valence-electron chi connectivity index (χ2n) is 7.47. The summed E-state index contributed by atoms with van der Waals surface area (Å²) in [6.45, 7) is 0. The van der Waals surface area contributed by atoms with Crippen molar-refractivity contribution in [1.82, 2.24) is 0 Å². The molecule has 0 amide bonds. The van der Waals surface area contributed by atoms with Crippen molar-refractivity contribution >= 4 is 16.9 Å². The largest absolute Gasteiger partial charge is 0.497 e. The molecule has 0 aliphatic rings. The molecule has 0 spiro atoms. The third-order valence-corrected chi connectivity index (χ3v) is 5.63. The predicted octanol–water partition coefficient (Wildman–Crippen LogP) is 4.95. The van der Waals surface area contributed by atoms with Crippen LogP contribution in [-0.4, -0.2) is 41.5 Å². The van der Waals surface area contributed by atoms with Gasteiger partial charge in [0, 0.05) is 23.3 Å². The van der Waals surface area contributed by atoms with E-state index in [2.05, 4.69) is 0 Å². The molecule has 8 heteroatoms. The molecule has 0 bridgehead atoms. The smallest absolute Gasteiger partial charge is 0.337 e. The minimum Gasteiger partial charge on any atom is -0.497 e. The lowest BCUT2D eigenvalue weighted by Gasteiger charge is -2.17. The van der Waals surface area contributed by atoms with Crippen molar-refractivity contribution in [2.45, 2.75) is 0 Å². The lowest BCUT2D eigenvalue weighted by molar-refractivity contribution is 0.0600. The first-order chi connectivity index (χ1) is 16.9. The minimum atomic E-state index is -0.522. The molecule has 35 heavy (non-hydrogen) atoms. The van der Waals surface area contributed by atoms with Crippen LogP contribution in [0, 0.1) is 0 Å². The Balaban J connectivity index is 2.11. The maximum atomic E-state index is 13.3. The number of rotatable bonds is 7. The van der Waals surface area contributed by atoms with E-state index in [1.807, 2.05) is 0 Å². The maximum Gasteiger partial charge on any atom is 0.337 e. The van der Waals surface area contributed by atoms with E-state index in [-0.39, 0.29) is 16.4 Å². The Morgan fingerprint density at radius 1 is 0.743 bits per heavy atom. The number of esters is 1. The average Bonchev–Trinajstić information content (AvgIpc) is 2.91. The fourth-order valence-electron chi connectivity index (χ4n) is 3.90. The minimum absolute atomic E-state index is 0.222. The van der Waals surface area contributed by atoms with Crippen LogP contribution in [0.1, 0.15) is 10.4 Å². The van der Waals surface area contributed by atoms with E-state index in [9.17, 15) is 9.59 Å². The Morgan fingerprint density at radius 3 is 2.03 bits per heavy atom. The van der Waals surface area contributed by atoms with Crippen LogP contribution in [0.2, 0.25) is 0 Å². The van der Waals surface area contributed by atoms with Gasteiger partial charge in [-0.05, 0) is 42.5 Å². The van der Waals surface area contributed by atoms with Gasteiger partial charge >= 0.3 is 5.97 Å². The summed E-state index contributed by atoms with van der Waals surface area (Å²) in [4.78, 5) is 25.6. The van der Waals surface area contributed by atoms with E-state index in [1.165, 1.54) is 34.5 Å². The van der Waals surface area contributed by atoms with Gasteiger partial charge in [0.1, 0.15) is 34.1 Å². The number of fused-ring (bicyclic) bond motifs is 1. The van der Waals surface area contributed by atoms with Crippen molar-refractivity contribution in [3.8, 4) is 45.4 Å². The second kappa shape index (κ2) is 9.80. The molecule has 0 aliphatic heterocycles. The molecule has 8 nitrogen and oxygen atoms in total. The predicted molar refractivity (Wildman–Crippen MR) is 131 cm³/mol. The molecule has 0 fully saturated rings. The van der Waals surface area contributed by atoms with E-state index in [0.717, 1.165) is 0 Å². The fourth-order valence-corrected chi connectivity index (χ4v) is 3.90. The van der Waals surface area contributed by atoms with Crippen molar-refractivity contribution in [2.24, 2.45) is 0 Å². The third kappa shape index (κ3) is 4.26. The zero-order valence-corrected chi connectivity index (χ0v) is 20.0. The van der Waals surface area contributed by atoms with Crippen LogP contribution in [-0.2, 0) is 4.74 Å². The summed E-state index contributed by atoms with van der Waals surface area (Å²) in [7, 11) is 7.34. The van der Waals surface area contributed by atoms with Gasteiger partial charge in [0.15, 0.2) is 11.0 Å². The van der Waals surface area contributed by atoms with Gasteiger partial charge in [-0.2, -0.15) is 0 Å². The summed E-state index contributed by atoms with van der Waals surface area (Å²) >= 11 is 0. The number of ether oxygens (including phenoxy) is 5. The number of carbonyl (C=O) groups excluding carboxylic acids is 1. The van der Waals surface area contributed by atoms with Crippen LogP contribution in [0.15, 0.2) is 63.8 Å². The molecule has 0 aliphatic carbocycles. The van der Waals surface area contributed by atoms with Crippen molar-refractivity contribution in [3.63, 3.8) is 0 Å². The third-order valence-electron chi connectivity index (χ3n) is 5.63. The Bertz CT molecular complexity index is 1450. The zero-order valence-electron chi connectivity index (χ0n) is 20.0. The van der Waals surface area contributed by atoms with Gasteiger partial charge in [-0.3, -0.25) is 4.79 Å². The van der Waals surface area contributed by atoms with E-state index >= 15 is 0 Å². The van der Waals surface area contributed by atoms with E-state index in [0.29, 0.717) is 51.0 Å². The standard InChI is InChI=1S/C27H24O8/c1-30-17-9-6-15(7-10-17)21-13-19(28)25-23(33-4)14-22(32-3)24(26(25)35-21)18-12-16(27(29)34-5)8-11-20(18)31-2/h6-14H,1-5H3. The highest BCUT2D eigenvalue weighted by atomic mass is 16.5. The zero-order chi connectivity index (χ0) is 25.1. The van der Waals surface area contributed by atoms with Crippen molar-refractivity contribution in [1.29, 1.82) is 0 Å². The number of hydrogen-bond donors (Lipinski definition) is 0. The van der Waals surface area contributed by atoms with Gasteiger partial charge in [0.25, 0.3) is 0 Å². The molecule has 3 aromatic carbocycles. The number of hydrogen-bond acceptors (Lipinski definition) is 8. The number of methoxy groups -OCH3 is 5. The molecule has 4 aromatic rings. The highest BCUT2D eigenvalue weighted by Gasteiger charge is 2.24. The van der Waals surface area contributed by atoms with Crippen LogP contribution in [0.3, 0.4) is 0 Å². The molecule has 0 saturated heterocycles. The SMILES string of the molecule is COC(=O)c1ccc(OC)c(-c2c(OC)cc(OC)c3c(=O)cc(-c4ccc(OC)cc4)oc23)c1. The lowest BCUT2D eigenvalue weighted by atomic mass is 9.97. The number of benzene rings is 3. The van der Waals surface area contributed by atoms with Gasteiger partial charge in [-0.15, -0.1) is 0 Å². The van der Waals surface area contributed by atoms with Crippen molar-refractivity contribution < 1.29 is 32.9 Å². The first-order valence-electron chi connectivity index (χ1n) is 10.6. The highest BCUT2D eigenvalue weighted by molar-refractivity contribution is 6.02. The molecular formula is C27H24O8. The van der Waals surface area contributed by atoms with Gasteiger partial charge in [0.05, 0.1) is 46.7 Å². The Hall–Kier alpha value is -4.46. The van der Waals surface area contributed by atoms with E-state index in [4.69, 9.17) is 28.1 Å². The molecule has 0 radical (unpaired) electrons. The average molecular weight is 476 g/mol. The first-order valence-corrected chi connectivity index (χ1v) is 10.6. The summed E-state index contributed by atoms with van der Waals surface area (Å²) in [5.41, 5.74) is 1.80. The summed E-state index contributed by atoms with van der Waals surface area (Å²) in [5, 5.41) is 0.228. The van der Waals surface area contributed by atoms with Gasteiger partial charge in [-0.1, -0.05) is 0 Å². The summed E-state index contributed by atoms with van der Waals surface area (Å²) in [6.07, 6.45) is 0. The van der Waals surface area contributed by atoms with Crippen molar-refractivity contribution in [2.75, 3.05) is 35.5 Å². The van der Waals surface area contributed by atoms with Crippen LogP contribution in [0.4, 0.5) is 0 Å². The van der Waals surface area contributed by atoms with Crippen molar-refractivity contribution in [3.05, 3.63) is 70.4 Å². The quantitative estimate of drug-likeness (QED) is 0.346. The summed E-state index contributed by atoms with van der Waals surface area (Å²) < 4.78 is 33.2. The van der Waals surface area contributed by atoms with E-state index in [1.54, 1.807) is 55.6 Å². The first kappa shape index (κ1) is 23.7. The van der Waals surface area contributed by atoms with E-state index < -0.39 is 5.97 Å². The molecular weight excluding hydrogens is 452 g/mol.